The molecule has 3 nitrogen and oxygen atoms in total. The minimum absolute atomic E-state index is 0.234. The summed E-state index contributed by atoms with van der Waals surface area (Å²) in [7, 11) is 6.60. The predicted octanol–water partition coefficient (Wildman–Crippen LogP) is 6.50. The van der Waals surface area contributed by atoms with Gasteiger partial charge < -0.3 is 14.4 Å². The van der Waals surface area contributed by atoms with Crippen molar-refractivity contribution in [1.82, 2.24) is 0 Å². The Hall–Kier alpha value is -1.35. The standard InChI is InChI=1S/C17H34O2.C10H16N/c1-2-3-4-5-6-7-8-9-10-11-12-13-14-15-16-17(18)19;1-11(2,3)9-10-7-5-4-6-8-10/h2-16H2,1H3,(H,18,19);4-8H,9H2,1-3H3/q;+1/p-1. The number of carboxylic acid groups (broad SMARTS) is 1. The third-order valence-corrected chi connectivity index (χ3v) is 5.23. The molecule has 0 aromatic heterocycles. The monoisotopic (exact) mass is 419 g/mol. The van der Waals surface area contributed by atoms with Crippen molar-refractivity contribution in [3.8, 4) is 0 Å². The maximum absolute atomic E-state index is 10.2. The molecule has 0 bridgehead atoms. The molecule has 0 unspecified atom stereocenters. The lowest BCUT2D eigenvalue weighted by Gasteiger charge is -2.23. The van der Waals surface area contributed by atoms with Crippen molar-refractivity contribution in [2.24, 2.45) is 0 Å². The van der Waals surface area contributed by atoms with Crippen LogP contribution in [-0.4, -0.2) is 31.6 Å². The Morgan fingerprint density at radius 2 is 1.10 bits per heavy atom. The van der Waals surface area contributed by atoms with Gasteiger partial charge in [-0.15, -0.1) is 0 Å². The van der Waals surface area contributed by atoms with Crippen molar-refractivity contribution in [2.45, 2.75) is 110 Å². The molecule has 0 aliphatic carbocycles. The van der Waals surface area contributed by atoms with Gasteiger partial charge in [0.1, 0.15) is 6.54 Å². The van der Waals surface area contributed by atoms with E-state index >= 15 is 0 Å². The predicted molar refractivity (Wildman–Crippen MR) is 128 cm³/mol. The van der Waals surface area contributed by atoms with Crippen LogP contribution in [-0.2, 0) is 11.3 Å². The van der Waals surface area contributed by atoms with Gasteiger partial charge in [0.05, 0.1) is 21.1 Å². The summed E-state index contributed by atoms with van der Waals surface area (Å²) in [5, 5.41) is 10.2. The zero-order chi connectivity index (χ0) is 22.5. The Bertz CT molecular complexity index is 493. The van der Waals surface area contributed by atoms with Crippen LogP contribution in [0.4, 0.5) is 0 Å². The van der Waals surface area contributed by atoms with Crippen molar-refractivity contribution < 1.29 is 14.4 Å². The molecule has 30 heavy (non-hydrogen) atoms. The third kappa shape index (κ3) is 22.9. The van der Waals surface area contributed by atoms with E-state index < -0.39 is 5.97 Å². The molecule has 0 saturated carbocycles. The van der Waals surface area contributed by atoms with E-state index in [-0.39, 0.29) is 6.42 Å². The summed E-state index contributed by atoms with van der Waals surface area (Å²) >= 11 is 0. The number of carbonyl (C=O) groups excluding carboxylic acids is 1. The summed E-state index contributed by atoms with van der Waals surface area (Å²) in [6.07, 6.45) is 18.4. The van der Waals surface area contributed by atoms with Crippen LogP contribution in [0.3, 0.4) is 0 Å². The average molecular weight is 420 g/mol. The Kier molecular flexibility index (Phi) is 18.7. The van der Waals surface area contributed by atoms with Crippen LogP contribution in [0.15, 0.2) is 30.3 Å². The summed E-state index contributed by atoms with van der Waals surface area (Å²) < 4.78 is 0.990. The number of carboxylic acids is 1. The summed E-state index contributed by atoms with van der Waals surface area (Å²) in [6, 6.07) is 10.6. The molecule has 1 rings (SSSR count). The number of rotatable bonds is 17. The highest BCUT2D eigenvalue weighted by molar-refractivity contribution is 5.64. The number of hydrogen-bond donors (Lipinski definition) is 0. The van der Waals surface area contributed by atoms with Gasteiger partial charge in [-0.25, -0.2) is 0 Å². The van der Waals surface area contributed by atoms with Gasteiger partial charge in [-0.05, 0) is 12.8 Å². The first-order valence-corrected chi connectivity index (χ1v) is 12.4. The zero-order valence-corrected chi connectivity index (χ0v) is 20.5. The molecular formula is C27H49NO2. The van der Waals surface area contributed by atoms with Crippen molar-refractivity contribution in [1.29, 1.82) is 0 Å². The maximum Gasteiger partial charge on any atom is 0.104 e. The molecule has 0 aliphatic rings. The van der Waals surface area contributed by atoms with Crippen LogP contribution in [0.1, 0.15) is 109 Å². The second-order valence-corrected chi connectivity index (χ2v) is 9.65. The van der Waals surface area contributed by atoms with Crippen molar-refractivity contribution in [3.63, 3.8) is 0 Å². The maximum atomic E-state index is 10.2. The summed E-state index contributed by atoms with van der Waals surface area (Å²) in [6.45, 7) is 3.36. The van der Waals surface area contributed by atoms with E-state index in [4.69, 9.17) is 0 Å². The van der Waals surface area contributed by atoms with Gasteiger partial charge in [0.15, 0.2) is 0 Å². The van der Waals surface area contributed by atoms with Gasteiger partial charge in [-0.3, -0.25) is 0 Å². The van der Waals surface area contributed by atoms with Crippen LogP contribution in [0, 0.1) is 0 Å². The van der Waals surface area contributed by atoms with Gasteiger partial charge in [0.25, 0.3) is 0 Å². The average Bonchev–Trinajstić information content (AvgIpc) is 2.68. The first-order valence-electron chi connectivity index (χ1n) is 12.4. The number of nitrogens with zero attached hydrogens (tertiary/aromatic N) is 1. The van der Waals surface area contributed by atoms with Crippen molar-refractivity contribution in [3.05, 3.63) is 35.9 Å². The van der Waals surface area contributed by atoms with Crippen LogP contribution in [0.5, 0.6) is 0 Å². The molecule has 174 valence electrons. The van der Waals surface area contributed by atoms with E-state index in [1.165, 1.54) is 82.6 Å². The molecule has 0 heterocycles. The fraction of sp³-hybridized carbons (Fsp3) is 0.741. The highest BCUT2D eigenvalue weighted by Crippen LogP contribution is 2.13. The molecule has 0 N–H and O–H groups in total. The molecule has 1 aromatic carbocycles. The van der Waals surface area contributed by atoms with Crippen molar-refractivity contribution >= 4 is 5.97 Å². The lowest BCUT2D eigenvalue weighted by Crippen LogP contribution is -2.33. The first kappa shape index (κ1) is 28.6. The molecule has 3 heteroatoms. The SMILES string of the molecule is CCCCCCCCCCCCCCCCC(=O)[O-].C[N+](C)(C)Cc1ccccc1. The number of benzene rings is 1. The minimum Gasteiger partial charge on any atom is -0.550 e. The van der Waals surface area contributed by atoms with Gasteiger partial charge in [0, 0.05) is 11.5 Å². The fourth-order valence-corrected chi connectivity index (χ4v) is 3.60. The van der Waals surface area contributed by atoms with E-state index in [2.05, 4.69) is 58.4 Å². The van der Waals surface area contributed by atoms with E-state index in [0.29, 0.717) is 0 Å². The minimum atomic E-state index is -0.904. The van der Waals surface area contributed by atoms with Crippen LogP contribution in [0.2, 0.25) is 0 Å². The van der Waals surface area contributed by atoms with Crippen molar-refractivity contribution in [2.75, 3.05) is 21.1 Å². The number of hydrogen-bond acceptors (Lipinski definition) is 2. The van der Waals surface area contributed by atoms with Gasteiger partial charge in [-0.2, -0.15) is 0 Å². The Labute approximate surface area is 187 Å². The molecule has 0 saturated heterocycles. The Morgan fingerprint density at radius 3 is 1.47 bits per heavy atom. The molecule has 0 spiro atoms. The Morgan fingerprint density at radius 1 is 0.700 bits per heavy atom. The second kappa shape index (κ2) is 19.6. The van der Waals surface area contributed by atoms with E-state index in [0.717, 1.165) is 23.9 Å². The number of unbranched alkanes of at least 4 members (excludes halogenated alkanes) is 13. The molecule has 0 amide bonds. The smallest absolute Gasteiger partial charge is 0.104 e. The van der Waals surface area contributed by atoms with Gasteiger partial charge >= 0.3 is 0 Å². The quantitative estimate of drug-likeness (QED) is 0.213. The molecule has 0 fully saturated rings. The Balaban J connectivity index is 0.000000642. The second-order valence-electron chi connectivity index (χ2n) is 9.65. The molecule has 0 radical (unpaired) electrons. The fourth-order valence-electron chi connectivity index (χ4n) is 3.60. The zero-order valence-electron chi connectivity index (χ0n) is 20.5. The van der Waals surface area contributed by atoms with Crippen LogP contribution < -0.4 is 5.11 Å². The molecule has 0 atom stereocenters. The van der Waals surface area contributed by atoms with Crippen LogP contribution >= 0.6 is 0 Å². The van der Waals surface area contributed by atoms with Crippen LogP contribution in [0.25, 0.3) is 0 Å². The first-order chi connectivity index (χ1) is 14.3. The molecular weight excluding hydrogens is 370 g/mol. The van der Waals surface area contributed by atoms with E-state index in [9.17, 15) is 9.90 Å². The van der Waals surface area contributed by atoms with Gasteiger partial charge in [-0.1, -0.05) is 121 Å². The van der Waals surface area contributed by atoms with Gasteiger partial charge in [0.2, 0.25) is 0 Å². The highest BCUT2D eigenvalue weighted by atomic mass is 16.4. The normalized spacial score (nSPS) is 11.1. The highest BCUT2D eigenvalue weighted by Gasteiger charge is 2.06. The number of quaternary nitrogens is 1. The largest absolute Gasteiger partial charge is 0.550 e. The lowest BCUT2D eigenvalue weighted by atomic mass is 10.0. The molecule has 0 aliphatic heterocycles. The van der Waals surface area contributed by atoms with E-state index in [1.54, 1.807) is 0 Å². The molecule has 1 aromatic rings. The summed E-state index contributed by atoms with van der Waals surface area (Å²) in [5.41, 5.74) is 1.40. The van der Waals surface area contributed by atoms with E-state index in [1.807, 2.05) is 0 Å². The number of carbonyl (C=O) groups is 1. The number of aliphatic carboxylic acids is 1. The third-order valence-electron chi connectivity index (χ3n) is 5.23. The summed E-state index contributed by atoms with van der Waals surface area (Å²) in [5.74, 6) is -0.904. The lowest BCUT2D eigenvalue weighted by molar-refractivity contribution is -0.884. The summed E-state index contributed by atoms with van der Waals surface area (Å²) in [4.78, 5) is 10.2. The topological polar surface area (TPSA) is 40.1 Å².